The van der Waals surface area contributed by atoms with Gasteiger partial charge in [0.05, 0.1) is 0 Å². The van der Waals surface area contributed by atoms with E-state index in [9.17, 15) is 13.2 Å². The Bertz CT molecular complexity index is 439. The summed E-state index contributed by atoms with van der Waals surface area (Å²) in [6.45, 7) is 3.70. The average Bonchev–Trinajstić information content (AvgIpc) is 2.36. The van der Waals surface area contributed by atoms with Crippen LogP contribution in [0.25, 0.3) is 5.57 Å². The third-order valence-corrected chi connectivity index (χ3v) is 2.98. The number of hydrogen-bond donors (Lipinski definition) is 0. The Labute approximate surface area is 92.8 Å². The number of benzene rings is 1. The van der Waals surface area contributed by atoms with E-state index in [0.717, 1.165) is 11.1 Å². The first-order valence-corrected chi connectivity index (χ1v) is 5.18. The zero-order valence-corrected chi connectivity index (χ0v) is 9.23. The second-order valence-electron chi connectivity index (χ2n) is 4.82. The lowest BCUT2D eigenvalue weighted by Gasteiger charge is -2.20. The van der Waals surface area contributed by atoms with Crippen molar-refractivity contribution in [1.82, 2.24) is 0 Å². The van der Waals surface area contributed by atoms with Crippen molar-refractivity contribution in [3.05, 3.63) is 41.5 Å². The van der Waals surface area contributed by atoms with Crippen LogP contribution < -0.4 is 0 Å². The van der Waals surface area contributed by atoms with E-state index in [2.05, 4.69) is 0 Å². The highest BCUT2D eigenvalue weighted by molar-refractivity contribution is 5.77. The first-order chi connectivity index (χ1) is 7.30. The maximum Gasteiger partial charge on any atom is 0.410 e. The quantitative estimate of drug-likeness (QED) is 0.621. The molecule has 1 aliphatic rings. The zero-order valence-electron chi connectivity index (χ0n) is 9.23. The average molecular weight is 226 g/mol. The molecule has 86 valence electrons. The lowest BCUT2D eigenvalue weighted by atomic mass is 9.85. The van der Waals surface area contributed by atoms with Crippen LogP contribution in [0, 0.1) is 5.41 Å². The standard InChI is InChI=1S/C13H13F3/c1-12(2)7-9-5-3-4-6-10(9)11(12)8-13(14,15)16/h3-6,8H,7H2,1-2H3. The van der Waals surface area contributed by atoms with Gasteiger partial charge in [0.15, 0.2) is 0 Å². The molecule has 2 rings (SSSR count). The van der Waals surface area contributed by atoms with Gasteiger partial charge in [0.1, 0.15) is 0 Å². The van der Waals surface area contributed by atoms with Gasteiger partial charge in [-0.05, 0) is 28.5 Å². The molecule has 1 aromatic rings. The van der Waals surface area contributed by atoms with Gasteiger partial charge >= 0.3 is 6.18 Å². The second kappa shape index (κ2) is 3.37. The molecule has 0 unspecified atom stereocenters. The van der Waals surface area contributed by atoms with Crippen molar-refractivity contribution in [3.63, 3.8) is 0 Å². The number of fused-ring (bicyclic) bond motifs is 1. The van der Waals surface area contributed by atoms with Crippen molar-refractivity contribution in [2.45, 2.75) is 26.4 Å². The minimum absolute atomic E-state index is 0.399. The van der Waals surface area contributed by atoms with Gasteiger partial charge in [-0.3, -0.25) is 0 Å². The molecule has 0 spiro atoms. The van der Waals surface area contributed by atoms with E-state index in [1.54, 1.807) is 12.1 Å². The third kappa shape index (κ3) is 1.99. The van der Waals surface area contributed by atoms with Crippen LogP contribution in [0.4, 0.5) is 13.2 Å². The Balaban J connectivity index is 2.56. The molecule has 0 aromatic heterocycles. The van der Waals surface area contributed by atoms with Gasteiger partial charge < -0.3 is 0 Å². The lowest BCUT2D eigenvalue weighted by molar-refractivity contribution is -0.0797. The van der Waals surface area contributed by atoms with E-state index in [1.165, 1.54) is 0 Å². The predicted molar refractivity (Wildman–Crippen MR) is 58.0 cm³/mol. The monoisotopic (exact) mass is 226 g/mol. The van der Waals surface area contributed by atoms with Gasteiger partial charge in [-0.25, -0.2) is 0 Å². The highest BCUT2D eigenvalue weighted by Crippen LogP contribution is 2.47. The van der Waals surface area contributed by atoms with Crippen molar-refractivity contribution < 1.29 is 13.2 Å². The molecule has 3 heteroatoms. The molecule has 16 heavy (non-hydrogen) atoms. The number of alkyl halides is 3. The van der Waals surface area contributed by atoms with Crippen molar-refractivity contribution in [1.29, 1.82) is 0 Å². The summed E-state index contributed by atoms with van der Waals surface area (Å²) in [5.41, 5.74) is 1.71. The highest BCUT2D eigenvalue weighted by atomic mass is 19.4. The first kappa shape index (κ1) is 11.2. The predicted octanol–water partition coefficient (Wildman–Crippen LogP) is 4.21. The summed E-state index contributed by atoms with van der Waals surface area (Å²) >= 11 is 0. The van der Waals surface area contributed by atoms with E-state index < -0.39 is 11.6 Å². The van der Waals surface area contributed by atoms with E-state index >= 15 is 0 Å². The molecule has 1 aromatic carbocycles. The summed E-state index contributed by atoms with van der Waals surface area (Å²) in [5, 5.41) is 0. The molecule has 0 radical (unpaired) electrons. The Morgan fingerprint density at radius 2 is 1.81 bits per heavy atom. The fourth-order valence-corrected chi connectivity index (χ4v) is 2.31. The van der Waals surface area contributed by atoms with Crippen molar-refractivity contribution in [3.8, 4) is 0 Å². The molecule has 0 N–H and O–H groups in total. The summed E-state index contributed by atoms with van der Waals surface area (Å²) in [6, 6.07) is 7.31. The largest absolute Gasteiger partial charge is 0.410 e. The SMILES string of the molecule is CC1(C)Cc2ccccc2C1=CC(F)(F)F. The van der Waals surface area contributed by atoms with Crippen LogP contribution in [0.15, 0.2) is 30.3 Å². The van der Waals surface area contributed by atoms with Crippen LogP contribution in [-0.2, 0) is 6.42 Å². The van der Waals surface area contributed by atoms with E-state index in [1.807, 2.05) is 26.0 Å². The van der Waals surface area contributed by atoms with E-state index in [4.69, 9.17) is 0 Å². The summed E-state index contributed by atoms with van der Waals surface area (Å²) in [5.74, 6) is 0. The maximum absolute atomic E-state index is 12.5. The third-order valence-electron chi connectivity index (χ3n) is 2.98. The molecule has 0 saturated carbocycles. The summed E-state index contributed by atoms with van der Waals surface area (Å²) in [7, 11) is 0. The minimum Gasteiger partial charge on any atom is -0.167 e. The molecule has 0 heterocycles. The Kier molecular flexibility index (Phi) is 2.37. The first-order valence-electron chi connectivity index (χ1n) is 5.18. The van der Waals surface area contributed by atoms with Crippen molar-refractivity contribution >= 4 is 5.57 Å². The van der Waals surface area contributed by atoms with Gasteiger partial charge in [-0.15, -0.1) is 0 Å². The molecular weight excluding hydrogens is 213 g/mol. The van der Waals surface area contributed by atoms with Crippen LogP contribution in [0.3, 0.4) is 0 Å². The molecule has 0 fully saturated rings. The van der Waals surface area contributed by atoms with Crippen molar-refractivity contribution in [2.75, 3.05) is 0 Å². The Morgan fingerprint density at radius 1 is 1.19 bits per heavy atom. The van der Waals surface area contributed by atoms with Gasteiger partial charge in [0.25, 0.3) is 0 Å². The lowest BCUT2D eigenvalue weighted by Crippen LogP contribution is -2.13. The number of allylic oxidation sites excluding steroid dienone is 2. The fourth-order valence-electron chi connectivity index (χ4n) is 2.31. The van der Waals surface area contributed by atoms with Crippen LogP contribution in [0.1, 0.15) is 25.0 Å². The smallest absolute Gasteiger partial charge is 0.167 e. The van der Waals surface area contributed by atoms with Crippen LogP contribution in [0.5, 0.6) is 0 Å². The summed E-state index contributed by atoms with van der Waals surface area (Å²) < 4.78 is 37.4. The van der Waals surface area contributed by atoms with E-state index in [-0.39, 0.29) is 0 Å². The van der Waals surface area contributed by atoms with Gasteiger partial charge in [0, 0.05) is 6.08 Å². The summed E-state index contributed by atoms with van der Waals surface area (Å²) in [4.78, 5) is 0. The molecule has 0 atom stereocenters. The molecule has 1 aliphatic carbocycles. The van der Waals surface area contributed by atoms with E-state index in [0.29, 0.717) is 18.1 Å². The summed E-state index contributed by atoms with van der Waals surface area (Å²) in [6.07, 6.45) is -3.13. The molecule has 0 amide bonds. The van der Waals surface area contributed by atoms with Gasteiger partial charge in [0.2, 0.25) is 0 Å². The van der Waals surface area contributed by atoms with Crippen LogP contribution in [0.2, 0.25) is 0 Å². The highest BCUT2D eigenvalue weighted by Gasteiger charge is 2.37. The number of halogens is 3. The van der Waals surface area contributed by atoms with Crippen LogP contribution in [-0.4, -0.2) is 6.18 Å². The number of hydrogen-bond acceptors (Lipinski definition) is 0. The number of rotatable bonds is 0. The molecular formula is C13H13F3. The Hall–Kier alpha value is -1.25. The van der Waals surface area contributed by atoms with Gasteiger partial charge in [-0.1, -0.05) is 38.1 Å². The van der Waals surface area contributed by atoms with Crippen LogP contribution >= 0.6 is 0 Å². The molecule has 0 bridgehead atoms. The second-order valence-corrected chi connectivity index (χ2v) is 4.82. The van der Waals surface area contributed by atoms with Gasteiger partial charge in [-0.2, -0.15) is 13.2 Å². The topological polar surface area (TPSA) is 0 Å². The zero-order chi connectivity index (χ0) is 12.0. The Morgan fingerprint density at radius 3 is 2.44 bits per heavy atom. The maximum atomic E-state index is 12.5. The molecule has 0 nitrogen and oxygen atoms in total. The molecule has 0 saturated heterocycles. The normalized spacial score (nSPS) is 21.2. The van der Waals surface area contributed by atoms with Crippen molar-refractivity contribution in [2.24, 2.45) is 5.41 Å². The fraction of sp³-hybridized carbons (Fsp3) is 0.385. The molecule has 0 aliphatic heterocycles. The minimum atomic E-state index is -4.25.